The van der Waals surface area contributed by atoms with Crippen molar-refractivity contribution in [2.45, 2.75) is 0 Å². The summed E-state index contributed by atoms with van der Waals surface area (Å²) in [6.45, 7) is 0. The second-order valence-electron chi connectivity index (χ2n) is 22.9. The van der Waals surface area contributed by atoms with Crippen LogP contribution in [0.25, 0.3) is 166 Å². The molecule has 18 aromatic rings. The van der Waals surface area contributed by atoms with Crippen LogP contribution < -0.4 is 0 Å². The first-order chi connectivity index (χ1) is 43.6. The molecule has 0 aliphatic heterocycles. The van der Waals surface area contributed by atoms with E-state index in [1.165, 1.54) is 87.4 Å². The van der Waals surface area contributed by atoms with E-state index in [2.05, 4.69) is 328 Å². The Hall–Kier alpha value is -11.9. The average molecular weight is 1120 g/mol. The molecule has 410 valence electrons. The summed E-state index contributed by atoms with van der Waals surface area (Å²) >= 11 is 0. The molecule has 0 aliphatic rings. The van der Waals surface area contributed by atoms with E-state index in [1.54, 1.807) is 0 Å². The summed E-state index contributed by atoms with van der Waals surface area (Å²) in [4.78, 5) is 10.6. The minimum Gasteiger partial charge on any atom is -0.309 e. The minimum absolute atomic E-state index is 0.675. The lowest BCUT2D eigenvalue weighted by atomic mass is 10.0. The van der Waals surface area contributed by atoms with Crippen LogP contribution in [0.5, 0.6) is 0 Å². The van der Waals surface area contributed by atoms with E-state index in [1.807, 2.05) is 6.07 Å². The zero-order chi connectivity index (χ0) is 57.8. The van der Waals surface area contributed by atoms with Crippen molar-refractivity contribution in [2.75, 3.05) is 0 Å². The van der Waals surface area contributed by atoms with E-state index in [9.17, 15) is 0 Å². The van der Waals surface area contributed by atoms with Gasteiger partial charge < -0.3 is 18.3 Å². The molecule has 0 radical (unpaired) electrons. The molecule has 0 bridgehead atoms. The summed E-state index contributed by atoms with van der Waals surface area (Å²) in [7, 11) is 0. The quantitative estimate of drug-likeness (QED) is 0.145. The third-order valence-electron chi connectivity index (χ3n) is 18.0. The zero-order valence-corrected chi connectivity index (χ0v) is 47.7. The van der Waals surface area contributed by atoms with Crippen LogP contribution in [-0.2, 0) is 0 Å². The highest BCUT2D eigenvalue weighted by Gasteiger charge is 2.20. The first-order valence-corrected chi connectivity index (χ1v) is 30.0. The van der Waals surface area contributed by atoms with Gasteiger partial charge in [-0.15, -0.1) is 0 Å². The van der Waals surface area contributed by atoms with Crippen LogP contribution in [0, 0.1) is 0 Å². The molecule has 0 fully saturated rings. The lowest BCUT2D eigenvalue weighted by Crippen LogP contribution is -1.98. The molecule has 88 heavy (non-hydrogen) atoms. The molecule has 0 amide bonds. The number of benzene rings is 13. The number of nitrogens with zero attached hydrogens (tertiary/aromatic N) is 6. The Balaban J connectivity index is 0.704. The third kappa shape index (κ3) is 7.89. The van der Waals surface area contributed by atoms with Gasteiger partial charge >= 0.3 is 0 Å². The van der Waals surface area contributed by atoms with Crippen molar-refractivity contribution in [2.24, 2.45) is 0 Å². The number of rotatable bonds is 9. The number of hydrogen-bond donors (Lipinski definition) is 0. The molecule has 0 saturated carbocycles. The van der Waals surface area contributed by atoms with Gasteiger partial charge in [-0.25, -0.2) is 9.97 Å². The van der Waals surface area contributed by atoms with Crippen LogP contribution in [0.1, 0.15) is 0 Å². The number of para-hydroxylation sites is 6. The van der Waals surface area contributed by atoms with Gasteiger partial charge in [0.05, 0.1) is 55.5 Å². The van der Waals surface area contributed by atoms with Crippen molar-refractivity contribution in [3.05, 3.63) is 315 Å². The lowest BCUT2D eigenvalue weighted by Gasteiger charge is -2.13. The van der Waals surface area contributed by atoms with Crippen molar-refractivity contribution in [3.8, 4) is 78.9 Å². The SMILES string of the molecule is c1ccc(-c2nc(-c3ccc(-n4c5ccccc5c5cc(-c6ccc7c(c6)c6ccccc6n7-c6ccccc6)ccc54)cc3)cc(-c3cccc(-n4c5ccccc5c5cc(-c6ccc7c(c6)c6ccccc6n7-c6ccccc6)ccc54)c3)n2)cc1. The maximum absolute atomic E-state index is 5.32. The van der Waals surface area contributed by atoms with Crippen LogP contribution in [-0.4, -0.2) is 28.2 Å². The molecule has 6 nitrogen and oxygen atoms in total. The van der Waals surface area contributed by atoms with E-state index in [4.69, 9.17) is 9.97 Å². The molecule has 0 N–H and O–H groups in total. The van der Waals surface area contributed by atoms with Crippen LogP contribution >= 0.6 is 0 Å². The molecular formula is C82H52N6. The molecule has 5 aromatic heterocycles. The van der Waals surface area contributed by atoms with Gasteiger partial charge in [0.25, 0.3) is 0 Å². The molecule has 0 saturated heterocycles. The first kappa shape index (κ1) is 49.6. The molecule has 6 heteroatoms. The van der Waals surface area contributed by atoms with Crippen molar-refractivity contribution < 1.29 is 0 Å². The summed E-state index contributed by atoms with van der Waals surface area (Å²) in [6.07, 6.45) is 0. The number of hydrogen-bond acceptors (Lipinski definition) is 2. The van der Waals surface area contributed by atoms with Gasteiger partial charge in [0.1, 0.15) is 0 Å². The summed E-state index contributed by atoms with van der Waals surface area (Å²) in [5.41, 5.74) is 23.2. The summed E-state index contributed by atoms with van der Waals surface area (Å²) < 4.78 is 9.54. The van der Waals surface area contributed by atoms with Crippen molar-refractivity contribution in [3.63, 3.8) is 0 Å². The lowest BCUT2D eigenvalue weighted by molar-refractivity contribution is 1.16. The molecule has 0 spiro atoms. The Labute approximate surface area is 507 Å². The van der Waals surface area contributed by atoms with E-state index < -0.39 is 0 Å². The predicted octanol–water partition coefficient (Wildman–Crippen LogP) is 21.2. The van der Waals surface area contributed by atoms with E-state index >= 15 is 0 Å². The molecular weight excluding hydrogens is 1070 g/mol. The molecule has 13 aromatic carbocycles. The fraction of sp³-hybridized carbons (Fsp3) is 0. The minimum atomic E-state index is 0.675. The normalized spacial score (nSPS) is 11.9. The van der Waals surface area contributed by atoms with Gasteiger partial charge in [-0.2, -0.15) is 0 Å². The van der Waals surface area contributed by atoms with Crippen LogP contribution in [0.4, 0.5) is 0 Å². The Morgan fingerprint density at radius 3 is 0.875 bits per heavy atom. The second-order valence-corrected chi connectivity index (χ2v) is 22.9. The van der Waals surface area contributed by atoms with Crippen molar-refractivity contribution in [1.82, 2.24) is 28.2 Å². The summed E-state index contributed by atoms with van der Waals surface area (Å²) in [6, 6.07) is 114. The standard InChI is InChI=1S/C82H52N6/c1-4-19-54(20-5-1)82-83-72(53-35-41-62(42-36-53)87-76-33-16-12-29-66(76)70-50-57(39-45-80(70)87)55-37-43-78-68(48-55)64-27-10-14-31-74(64)85(78)60-22-6-2-7-23-60)52-73(84-82)59-21-18-26-63(47-59)88-77-34-17-13-30-67(77)71-51-58(40-46-81(71)88)56-38-44-79-69(49-56)65-28-11-15-32-75(65)86(79)61-24-8-3-9-25-61/h1-52H. The molecule has 0 unspecified atom stereocenters. The third-order valence-corrected chi connectivity index (χ3v) is 18.0. The van der Waals surface area contributed by atoms with E-state index in [0.717, 1.165) is 72.9 Å². The second kappa shape index (κ2) is 19.9. The molecule has 0 aliphatic carbocycles. The zero-order valence-electron chi connectivity index (χ0n) is 47.7. The first-order valence-electron chi connectivity index (χ1n) is 30.0. The Morgan fingerprint density at radius 1 is 0.170 bits per heavy atom. The smallest absolute Gasteiger partial charge is 0.160 e. The fourth-order valence-corrected chi connectivity index (χ4v) is 13.9. The van der Waals surface area contributed by atoms with Crippen molar-refractivity contribution in [1.29, 1.82) is 0 Å². The van der Waals surface area contributed by atoms with E-state index in [-0.39, 0.29) is 0 Å². The number of fused-ring (bicyclic) bond motifs is 12. The maximum Gasteiger partial charge on any atom is 0.160 e. The van der Waals surface area contributed by atoms with Gasteiger partial charge in [0.2, 0.25) is 0 Å². The highest BCUT2D eigenvalue weighted by Crippen LogP contribution is 2.42. The van der Waals surface area contributed by atoms with Crippen molar-refractivity contribution >= 4 is 87.2 Å². The van der Waals surface area contributed by atoms with Crippen LogP contribution in [0.15, 0.2) is 315 Å². The molecule has 0 atom stereocenters. The van der Waals surface area contributed by atoms with E-state index in [0.29, 0.717) is 5.82 Å². The van der Waals surface area contributed by atoms with Crippen LogP contribution in [0.2, 0.25) is 0 Å². The van der Waals surface area contributed by atoms with Gasteiger partial charge in [-0.1, -0.05) is 188 Å². The van der Waals surface area contributed by atoms with Crippen LogP contribution in [0.3, 0.4) is 0 Å². The largest absolute Gasteiger partial charge is 0.309 e. The summed E-state index contributed by atoms with van der Waals surface area (Å²) in [5, 5.41) is 9.79. The molecule has 5 heterocycles. The van der Waals surface area contributed by atoms with Gasteiger partial charge in [0, 0.05) is 82.5 Å². The monoisotopic (exact) mass is 1120 g/mol. The molecule has 18 rings (SSSR count). The summed E-state index contributed by atoms with van der Waals surface area (Å²) in [5.74, 6) is 0.675. The number of aromatic nitrogens is 6. The topological polar surface area (TPSA) is 45.5 Å². The Bertz CT molecular complexity index is 5790. The predicted molar refractivity (Wildman–Crippen MR) is 367 cm³/mol. The van der Waals surface area contributed by atoms with Gasteiger partial charge in [0.15, 0.2) is 5.82 Å². The fourth-order valence-electron chi connectivity index (χ4n) is 13.9. The van der Waals surface area contributed by atoms with Gasteiger partial charge in [-0.3, -0.25) is 0 Å². The highest BCUT2D eigenvalue weighted by atomic mass is 15.0. The van der Waals surface area contributed by atoms with Gasteiger partial charge in [-0.05, 0) is 150 Å². The average Bonchev–Trinajstić information content (AvgIpc) is 2.21. The Kier molecular flexibility index (Phi) is 11.2. The maximum atomic E-state index is 5.32. The highest BCUT2D eigenvalue weighted by molar-refractivity contribution is 6.15. The Morgan fingerprint density at radius 2 is 0.466 bits per heavy atom.